The van der Waals surface area contributed by atoms with E-state index in [4.69, 9.17) is 9.47 Å². The number of para-hydroxylation sites is 1. The smallest absolute Gasteiger partial charge is 0.338 e. The SMILES string of the molecule is CCOc1ccc(N2C(=O)c3ccc(C(=O)OCc4cnn(-c5ccccc5)c4)cc3C2=O)cc1. The largest absolute Gasteiger partial charge is 0.494 e. The van der Waals surface area contributed by atoms with Gasteiger partial charge in [0.15, 0.2) is 0 Å². The number of fused-ring (bicyclic) bond motifs is 1. The number of benzene rings is 3. The molecule has 8 heteroatoms. The molecular formula is C27H21N3O5. The van der Waals surface area contributed by atoms with E-state index in [2.05, 4.69) is 5.10 Å². The van der Waals surface area contributed by atoms with Gasteiger partial charge in [0, 0.05) is 11.8 Å². The Bertz CT molecular complexity index is 1410. The highest BCUT2D eigenvalue weighted by molar-refractivity contribution is 6.34. The van der Waals surface area contributed by atoms with Gasteiger partial charge >= 0.3 is 5.97 Å². The number of esters is 1. The maximum atomic E-state index is 13.0. The molecule has 0 saturated heterocycles. The van der Waals surface area contributed by atoms with Crippen LogP contribution in [0.2, 0.25) is 0 Å². The molecule has 174 valence electrons. The normalized spacial score (nSPS) is 12.5. The molecule has 0 fully saturated rings. The summed E-state index contributed by atoms with van der Waals surface area (Å²) < 4.78 is 12.5. The Morgan fingerprint density at radius 2 is 1.63 bits per heavy atom. The van der Waals surface area contributed by atoms with Crippen LogP contribution in [0.15, 0.2) is 85.2 Å². The van der Waals surface area contributed by atoms with E-state index in [1.54, 1.807) is 41.3 Å². The zero-order valence-corrected chi connectivity index (χ0v) is 18.9. The van der Waals surface area contributed by atoms with Gasteiger partial charge in [-0.3, -0.25) is 9.59 Å². The summed E-state index contributed by atoms with van der Waals surface area (Å²) >= 11 is 0. The molecule has 1 aliphatic rings. The van der Waals surface area contributed by atoms with Crippen molar-refractivity contribution in [3.63, 3.8) is 0 Å². The van der Waals surface area contributed by atoms with Gasteiger partial charge in [0.25, 0.3) is 11.8 Å². The van der Waals surface area contributed by atoms with Gasteiger partial charge < -0.3 is 9.47 Å². The standard InChI is InChI=1S/C27H21N3O5/c1-2-34-22-11-9-21(10-12-22)30-25(31)23-13-8-19(14-24(23)26(30)32)27(33)35-17-18-15-28-29(16-18)20-6-4-3-5-7-20/h3-16H,2,17H2,1H3. The number of carbonyl (C=O) groups is 3. The fourth-order valence-electron chi connectivity index (χ4n) is 3.85. The van der Waals surface area contributed by atoms with Crippen LogP contribution in [0.1, 0.15) is 43.6 Å². The maximum Gasteiger partial charge on any atom is 0.338 e. The van der Waals surface area contributed by atoms with Crippen molar-refractivity contribution >= 4 is 23.5 Å². The number of anilines is 1. The van der Waals surface area contributed by atoms with Crippen LogP contribution in [-0.2, 0) is 11.3 Å². The first-order valence-electron chi connectivity index (χ1n) is 11.1. The third-order valence-electron chi connectivity index (χ3n) is 5.55. The van der Waals surface area contributed by atoms with E-state index in [0.717, 1.165) is 16.2 Å². The van der Waals surface area contributed by atoms with Crippen LogP contribution in [0, 0.1) is 0 Å². The van der Waals surface area contributed by atoms with Crippen LogP contribution in [0.25, 0.3) is 5.69 Å². The number of imide groups is 1. The van der Waals surface area contributed by atoms with Crippen molar-refractivity contribution in [2.45, 2.75) is 13.5 Å². The molecule has 3 aromatic carbocycles. The number of rotatable bonds is 7. The lowest BCUT2D eigenvalue weighted by Crippen LogP contribution is -2.29. The Hall–Kier alpha value is -4.72. The summed E-state index contributed by atoms with van der Waals surface area (Å²) in [6.45, 7) is 2.41. The Balaban J connectivity index is 1.29. The van der Waals surface area contributed by atoms with Gasteiger partial charge in [0.2, 0.25) is 0 Å². The lowest BCUT2D eigenvalue weighted by atomic mass is 10.1. The summed E-state index contributed by atoms with van der Waals surface area (Å²) in [5.41, 5.74) is 2.63. The fraction of sp³-hybridized carbons (Fsp3) is 0.111. The fourth-order valence-corrected chi connectivity index (χ4v) is 3.85. The second kappa shape index (κ2) is 9.26. The number of aromatic nitrogens is 2. The number of nitrogens with zero attached hydrogens (tertiary/aromatic N) is 3. The zero-order chi connectivity index (χ0) is 24.4. The van der Waals surface area contributed by atoms with Gasteiger partial charge in [-0.25, -0.2) is 14.4 Å². The van der Waals surface area contributed by atoms with Crippen LogP contribution < -0.4 is 9.64 Å². The van der Waals surface area contributed by atoms with Crippen molar-refractivity contribution in [3.05, 3.63) is 107 Å². The number of ether oxygens (including phenoxy) is 2. The predicted octanol–water partition coefficient (Wildman–Crippen LogP) is 4.43. The topological polar surface area (TPSA) is 90.7 Å². The van der Waals surface area contributed by atoms with Crippen molar-refractivity contribution in [2.75, 3.05) is 11.5 Å². The predicted molar refractivity (Wildman–Crippen MR) is 128 cm³/mol. The average molecular weight is 467 g/mol. The maximum absolute atomic E-state index is 13.0. The second-order valence-corrected chi connectivity index (χ2v) is 7.84. The molecule has 0 aliphatic carbocycles. The van der Waals surface area contributed by atoms with Crippen molar-refractivity contribution in [1.82, 2.24) is 9.78 Å². The first-order valence-corrected chi connectivity index (χ1v) is 11.1. The van der Waals surface area contributed by atoms with E-state index in [-0.39, 0.29) is 23.3 Å². The monoisotopic (exact) mass is 467 g/mol. The Morgan fingerprint density at radius 3 is 2.37 bits per heavy atom. The summed E-state index contributed by atoms with van der Waals surface area (Å²) in [6.07, 6.45) is 3.40. The van der Waals surface area contributed by atoms with Gasteiger partial charge in [0.05, 0.1) is 40.9 Å². The molecular weight excluding hydrogens is 446 g/mol. The Kier molecular flexibility index (Phi) is 5.85. The summed E-state index contributed by atoms with van der Waals surface area (Å²) in [7, 11) is 0. The quantitative estimate of drug-likeness (QED) is 0.295. The zero-order valence-electron chi connectivity index (χ0n) is 18.9. The highest BCUT2D eigenvalue weighted by atomic mass is 16.5. The van der Waals surface area contributed by atoms with Gasteiger partial charge in [-0.05, 0) is 61.5 Å². The lowest BCUT2D eigenvalue weighted by Gasteiger charge is -2.14. The van der Waals surface area contributed by atoms with E-state index < -0.39 is 17.8 Å². The summed E-state index contributed by atoms with van der Waals surface area (Å²) in [5.74, 6) is -0.886. The highest BCUT2D eigenvalue weighted by Gasteiger charge is 2.37. The van der Waals surface area contributed by atoms with E-state index in [9.17, 15) is 14.4 Å². The molecule has 0 atom stereocenters. The summed E-state index contributed by atoms with van der Waals surface area (Å²) in [4.78, 5) is 39.6. The third kappa shape index (κ3) is 4.29. The molecule has 35 heavy (non-hydrogen) atoms. The third-order valence-corrected chi connectivity index (χ3v) is 5.55. The Morgan fingerprint density at radius 1 is 0.886 bits per heavy atom. The van der Waals surface area contributed by atoms with E-state index in [1.807, 2.05) is 37.3 Å². The lowest BCUT2D eigenvalue weighted by molar-refractivity contribution is 0.0472. The number of carbonyl (C=O) groups excluding carboxylic acids is 3. The van der Waals surface area contributed by atoms with Gasteiger partial charge in [-0.1, -0.05) is 18.2 Å². The van der Waals surface area contributed by atoms with Crippen molar-refractivity contribution < 1.29 is 23.9 Å². The summed E-state index contributed by atoms with van der Waals surface area (Å²) in [5, 5.41) is 4.29. The molecule has 0 unspecified atom stereocenters. The average Bonchev–Trinajstić information content (AvgIpc) is 3.46. The molecule has 1 aliphatic heterocycles. The Labute approximate surface area is 201 Å². The molecule has 0 spiro atoms. The number of hydrogen-bond acceptors (Lipinski definition) is 6. The minimum atomic E-state index is -0.597. The number of hydrogen-bond donors (Lipinski definition) is 0. The molecule has 5 rings (SSSR count). The van der Waals surface area contributed by atoms with E-state index in [1.165, 1.54) is 18.2 Å². The highest BCUT2D eigenvalue weighted by Crippen LogP contribution is 2.30. The molecule has 1 aromatic heterocycles. The van der Waals surface area contributed by atoms with Crippen LogP contribution in [0.5, 0.6) is 5.75 Å². The molecule has 0 bridgehead atoms. The van der Waals surface area contributed by atoms with E-state index in [0.29, 0.717) is 18.0 Å². The van der Waals surface area contributed by atoms with Crippen LogP contribution in [0.4, 0.5) is 5.69 Å². The van der Waals surface area contributed by atoms with E-state index >= 15 is 0 Å². The molecule has 0 N–H and O–H groups in total. The molecule has 0 radical (unpaired) electrons. The first kappa shape index (κ1) is 22.1. The summed E-state index contributed by atoms with van der Waals surface area (Å²) in [6, 6.07) is 20.6. The van der Waals surface area contributed by atoms with Crippen LogP contribution in [-0.4, -0.2) is 34.2 Å². The molecule has 4 aromatic rings. The number of amides is 2. The molecule has 0 saturated carbocycles. The van der Waals surface area contributed by atoms with Crippen molar-refractivity contribution in [1.29, 1.82) is 0 Å². The molecule has 2 heterocycles. The second-order valence-electron chi connectivity index (χ2n) is 7.84. The van der Waals surface area contributed by atoms with Crippen molar-refractivity contribution in [3.8, 4) is 11.4 Å². The van der Waals surface area contributed by atoms with Crippen LogP contribution >= 0.6 is 0 Å². The van der Waals surface area contributed by atoms with Gasteiger partial charge in [0.1, 0.15) is 12.4 Å². The first-order chi connectivity index (χ1) is 17.0. The molecule has 2 amide bonds. The molecule has 8 nitrogen and oxygen atoms in total. The van der Waals surface area contributed by atoms with Crippen LogP contribution in [0.3, 0.4) is 0 Å². The minimum absolute atomic E-state index is 0.0218. The van der Waals surface area contributed by atoms with Gasteiger partial charge in [-0.15, -0.1) is 0 Å². The minimum Gasteiger partial charge on any atom is -0.494 e. The van der Waals surface area contributed by atoms with Crippen molar-refractivity contribution in [2.24, 2.45) is 0 Å². The van der Waals surface area contributed by atoms with Gasteiger partial charge in [-0.2, -0.15) is 5.10 Å².